The number of hydrogen-bond acceptors (Lipinski definition) is 4. The van der Waals surface area contributed by atoms with E-state index in [1.165, 1.54) is 5.56 Å². The minimum atomic E-state index is 0.178. The fourth-order valence-corrected chi connectivity index (χ4v) is 4.24. The zero-order valence-electron chi connectivity index (χ0n) is 15.9. The van der Waals surface area contributed by atoms with Crippen molar-refractivity contribution < 1.29 is 0 Å². The average molecular weight is 369 g/mol. The molecular formula is C23H23N5. The molecule has 0 bridgehead atoms. The average Bonchev–Trinajstić information content (AvgIpc) is 3.14. The maximum absolute atomic E-state index is 5.00. The van der Waals surface area contributed by atoms with Crippen LogP contribution in [0.1, 0.15) is 48.3 Å². The predicted molar refractivity (Wildman–Crippen MR) is 110 cm³/mol. The molecule has 0 aromatic carbocycles. The van der Waals surface area contributed by atoms with Gasteiger partial charge < -0.3 is 5.32 Å². The SMILES string of the molecule is Cc1cccnc1C1CCCC(c2nc3ccccn3c2-c2ccccn2)N1. The van der Waals surface area contributed by atoms with Crippen LogP contribution in [0.25, 0.3) is 17.0 Å². The molecule has 0 radical (unpaired) electrons. The van der Waals surface area contributed by atoms with Gasteiger partial charge in [0.25, 0.3) is 0 Å². The van der Waals surface area contributed by atoms with Crippen LogP contribution in [0.4, 0.5) is 0 Å². The third-order valence-corrected chi connectivity index (χ3v) is 5.56. The first-order valence-corrected chi connectivity index (χ1v) is 9.87. The number of piperidine rings is 1. The summed E-state index contributed by atoms with van der Waals surface area (Å²) in [5, 5.41) is 3.83. The highest BCUT2D eigenvalue weighted by molar-refractivity contribution is 5.64. The molecule has 4 aromatic rings. The van der Waals surface area contributed by atoms with Gasteiger partial charge in [-0.15, -0.1) is 0 Å². The summed E-state index contributed by atoms with van der Waals surface area (Å²) >= 11 is 0. The number of nitrogens with zero attached hydrogens (tertiary/aromatic N) is 4. The number of hydrogen-bond donors (Lipinski definition) is 1. The highest BCUT2D eigenvalue weighted by Crippen LogP contribution is 2.36. The Kier molecular flexibility index (Phi) is 4.37. The molecule has 0 spiro atoms. The molecule has 1 N–H and O–H groups in total. The van der Waals surface area contributed by atoms with Gasteiger partial charge in [-0.3, -0.25) is 14.4 Å². The third-order valence-electron chi connectivity index (χ3n) is 5.56. The minimum absolute atomic E-state index is 0.178. The molecule has 28 heavy (non-hydrogen) atoms. The molecule has 0 aliphatic carbocycles. The number of imidazole rings is 1. The summed E-state index contributed by atoms with van der Waals surface area (Å²) in [7, 11) is 0. The molecule has 5 nitrogen and oxygen atoms in total. The van der Waals surface area contributed by atoms with Crippen molar-refractivity contribution in [3.63, 3.8) is 0 Å². The number of pyridine rings is 3. The van der Waals surface area contributed by atoms with Gasteiger partial charge in [0.05, 0.1) is 34.9 Å². The van der Waals surface area contributed by atoms with Gasteiger partial charge in [-0.1, -0.05) is 18.2 Å². The van der Waals surface area contributed by atoms with E-state index in [1.54, 1.807) is 0 Å². The smallest absolute Gasteiger partial charge is 0.137 e. The van der Waals surface area contributed by atoms with Crippen LogP contribution in [0.5, 0.6) is 0 Å². The van der Waals surface area contributed by atoms with Crippen molar-refractivity contribution in [1.29, 1.82) is 0 Å². The Labute approximate surface area is 164 Å². The molecule has 1 aliphatic rings. The first-order chi connectivity index (χ1) is 13.8. The van der Waals surface area contributed by atoms with Gasteiger partial charge >= 0.3 is 0 Å². The van der Waals surface area contributed by atoms with Crippen LogP contribution in [-0.2, 0) is 0 Å². The van der Waals surface area contributed by atoms with E-state index >= 15 is 0 Å². The maximum Gasteiger partial charge on any atom is 0.137 e. The van der Waals surface area contributed by atoms with Gasteiger partial charge in [0.15, 0.2) is 0 Å². The lowest BCUT2D eigenvalue weighted by molar-refractivity contribution is 0.321. The largest absolute Gasteiger partial charge is 0.300 e. The maximum atomic E-state index is 5.00. The van der Waals surface area contributed by atoms with Gasteiger partial charge in [-0.05, 0) is 62.1 Å². The Morgan fingerprint density at radius 1 is 0.893 bits per heavy atom. The van der Waals surface area contributed by atoms with E-state index in [4.69, 9.17) is 4.98 Å². The summed E-state index contributed by atoms with van der Waals surface area (Å²) in [6.07, 6.45) is 9.10. The van der Waals surface area contributed by atoms with E-state index in [1.807, 2.05) is 42.7 Å². The van der Waals surface area contributed by atoms with E-state index in [9.17, 15) is 0 Å². The quantitative estimate of drug-likeness (QED) is 0.571. The Morgan fingerprint density at radius 2 is 1.71 bits per heavy atom. The first-order valence-electron chi connectivity index (χ1n) is 9.87. The first kappa shape index (κ1) is 17.1. The molecule has 2 unspecified atom stereocenters. The van der Waals surface area contributed by atoms with E-state index in [2.05, 4.69) is 51.0 Å². The Morgan fingerprint density at radius 3 is 2.54 bits per heavy atom. The number of aryl methyl sites for hydroxylation is 1. The topological polar surface area (TPSA) is 55.1 Å². The molecule has 4 aromatic heterocycles. The highest BCUT2D eigenvalue weighted by atomic mass is 15.1. The predicted octanol–water partition coefficient (Wildman–Crippen LogP) is 4.66. The second-order valence-corrected chi connectivity index (χ2v) is 7.40. The standard InChI is InChI=1S/C23H23N5/c1-16-8-7-14-25-21(16)17-10-6-11-18(26-17)22-23(19-9-2-4-13-24-19)28-15-5-3-12-20(28)27-22/h2-5,7-9,12-15,17-18,26H,6,10-11H2,1H3. The summed E-state index contributed by atoms with van der Waals surface area (Å²) in [5.41, 5.74) is 6.44. The van der Waals surface area contributed by atoms with E-state index in [0.717, 1.165) is 47.7 Å². The monoisotopic (exact) mass is 369 g/mol. The molecular weight excluding hydrogens is 346 g/mol. The second kappa shape index (κ2) is 7.17. The van der Waals surface area contributed by atoms with Crippen molar-refractivity contribution in [2.45, 2.75) is 38.3 Å². The Hall–Kier alpha value is -3.05. The van der Waals surface area contributed by atoms with Crippen molar-refractivity contribution in [3.8, 4) is 11.4 Å². The van der Waals surface area contributed by atoms with Crippen LogP contribution < -0.4 is 5.32 Å². The van der Waals surface area contributed by atoms with Gasteiger partial charge in [0.1, 0.15) is 5.65 Å². The summed E-state index contributed by atoms with van der Waals surface area (Å²) in [6, 6.07) is 16.7. The lowest BCUT2D eigenvalue weighted by atomic mass is 9.92. The molecule has 0 amide bonds. The summed E-state index contributed by atoms with van der Waals surface area (Å²) < 4.78 is 2.15. The van der Waals surface area contributed by atoms with E-state index in [-0.39, 0.29) is 12.1 Å². The number of fused-ring (bicyclic) bond motifs is 1. The van der Waals surface area contributed by atoms with Crippen LogP contribution in [-0.4, -0.2) is 19.4 Å². The molecule has 2 atom stereocenters. The normalized spacial score (nSPS) is 19.8. The van der Waals surface area contributed by atoms with Crippen molar-refractivity contribution in [3.05, 3.63) is 84.1 Å². The van der Waals surface area contributed by atoms with Gasteiger partial charge in [-0.25, -0.2) is 4.98 Å². The molecule has 5 rings (SSSR count). The molecule has 140 valence electrons. The van der Waals surface area contributed by atoms with Gasteiger partial charge in [-0.2, -0.15) is 0 Å². The molecule has 0 saturated carbocycles. The minimum Gasteiger partial charge on any atom is -0.300 e. The van der Waals surface area contributed by atoms with Gasteiger partial charge in [0.2, 0.25) is 0 Å². The number of nitrogens with one attached hydrogen (secondary N) is 1. The summed E-state index contributed by atoms with van der Waals surface area (Å²) in [6.45, 7) is 2.14. The van der Waals surface area contributed by atoms with Crippen molar-refractivity contribution in [2.75, 3.05) is 0 Å². The highest BCUT2D eigenvalue weighted by Gasteiger charge is 2.29. The molecule has 5 heteroatoms. The molecule has 1 aliphatic heterocycles. The summed E-state index contributed by atoms with van der Waals surface area (Å²) in [5.74, 6) is 0. The zero-order chi connectivity index (χ0) is 18.9. The molecule has 5 heterocycles. The van der Waals surface area contributed by atoms with Crippen LogP contribution in [0.2, 0.25) is 0 Å². The number of rotatable bonds is 3. The lowest BCUT2D eigenvalue weighted by Gasteiger charge is -2.31. The fraction of sp³-hybridized carbons (Fsp3) is 0.261. The van der Waals surface area contributed by atoms with E-state index in [0.29, 0.717) is 0 Å². The third kappa shape index (κ3) is 2.98. The Balaban J connectivity index is 1.58. The van der Waals surface area contributed by atoms with Crippen LogP contribution in [0.15, 0.2) is 67.1 Å². The van der Waals surface area contributed by atoms with Crippen molar-refractivity contribution >= 4 is 5.65 Å². The van der Waals surface area contributed by atoms with E-state index < -0.39 is 0 Å². The van der Waals surface area contributed by atoms with Crippen LogP contribution >= 0.6 is 0 Å². The lowest BCUT2D eigenvalue weighted by Crippen LogP contribution is -2.32. The molecule has 1 saturated heterocycles. The van der Waals surface area contributed by atoms with Crippen LogP contribution in [0.3, 0.4) is 0 Å². The fourth-order valence-electron chi connectivity index (χ4n) is 4.24. The number of aromatic nitrogens is 4. The second-order valence-electron chi connectivity index (χ2n) is 7.40. The molecule has 1 fully saturated rings. The Bertz CT molecular complexity index is 1100. The van der Waals surface area contributed by atoms with Gasteiger partial charge in [0, 0.05) is 18.6 Å². The summed E-state index contributed by atoms with van der Waals surface area (Å²) in [4.78, 5) is 14.3. The van der Waals surface area contributed by atoms with Crippen molar-refractivity contribution in [2.24, 2.45) is 0 Å². The van der Waals surface area contributed by atoms with Crippen molar-refractivity contribution in [1.82, 2.24) is 24.7 Å². The zero-order valence-corrected chi connectivity index (χ0v) is 15.9. The van der Waals surface area contributed by atoms with Crippen LogP contribution in [0, 0.1) is 6.92 Å².